The highest BCUT2D eigenvalue weighted by Gasteiger charge is 2.55. The van der Waals surface area contributed by atoms with Gasteiger partial charge in [-0.25, -0.2) is 0 Å². The van der Waals surface area contributed by atoms with E-state index in [0.29, 0.717) is 23.6 Å². The lowest BCUT2D eigenvalue weighted by molar-refractivity contribution is -0.152. The highest BCUT2D eigenvalue weighted by atomic mass is 16.5. The van der Waals surface area contributed by atoms with Crippen LogP contribution in [0.1, 0.15) is 64.0 Å². The Bertz CT molecular complexity index is 411. The maximum atomic E-state index is 6.02. The highest BCUT2D eigenvalue weighted by molar-refractivity contribution is 5.13. The molecule has 2 saturated carbocycles. The summed E-state index contributed by atoms with van der Waals surface area (Å²) in [6.07, 6.45) is 12.3. The minimum atomic E-state index is 0.361. The maximum absolute atomic E-state index is 6.02. The van der Waals surface area contributed by atoms with Crippen LogP contribution in [-0.2, 0) is 4.74 Å². The molecule has 0 saturated heterocycles. The lowest BCUT2D eigenvalue weighted by Crippen LogP contribution is -2.64. The van der Waals surface area contributed by atoms with Crippen LogP contribution < -0.4 is 5.32 Å². The van der Waals surface area contributed by atoms with Crippen molar-refractivity contribution in [2.24, 2.45) is 5.41 Å². The molecule has 0 bridgehead atoms. The smallest absolute Gasteiger partial charge is 0.0661 e. The maximum Gasteiger partial charge on any atom is 0.0661 e. The van der Waals surface area contributed by atoms with Gasteiger partial charge in [0.05, 0.1) is 12.3 Å². The minimum absolute atomic E-state index is 0.361. The van der Waals surface area contributed by atoms with E-state index in [1.54, 1.807) is 0 Å². The summed E-state index contributed by atoms with van der Waals surface area (Å²) < 4.78 is 6.02. The van der Waals surface area contributed by atoms with E-state index in [1.807, 2.05) is 12.4 Å². The molecule has 1 aromatic rings. The first-order valence-electron chi connectivity index (χ1n) is 8.12. The second kappa shape index (κ2) is 5.86. The van der Waals surface area contributed by atoms with Crippen LogP contribution in [0.15, 0.2) is 12.4 Å². The Kier molecular flexibility index (Phi) is 4.13. The van der Waals surface area contributed by atoms with Gasteiger partial charge in [-0.1, -0.05) is 19.3 Å². The molecule has 0 aromatic carbocycles. The molecule has 3 rings (SSSR count). The van der Waals surface area contributed by atoms with Crippen molar-refractivity contribution in [2.75, 3.05) is 6.61 Å². The van der Waals surface area contributed by atoms with Crippen LogP contribution in [0.25, 0.3) is 0 Å². The molecule has 3 unspecified atom stereocenters. The van der Waals surface area contributed by atoms with Gasteiger partial charge in [0.1, 0.15) is 0 Å². The third-order valence-corrected chi connectivity index (χ3v) is 5.41. The summed E-state index contributed by atoms with van der Waals surface area (Å²) in [7, 11) is 0. The van der Waals surface area contributed by atoms with E-state index in [9.17, 15) is 0 Å². The number of aromatic amines is 1. The van der Waals surface area contributed by atoms with Crippen molar-refractivity contribution in [3.63, 3.8) is 0 Å². The van der Waals surface area contributed by atoms with Gasteiger partial charge in [-0.2, -0.15) is 5.10 Å². The Hall–Kier alpha value is -0.870. The predicted octanol–water partition coefficient (Wildman–Crippen LogP) is 3.19. The lowest BCUT2D eigenvalue weighted by Gasteiger charge is -2.58. The van der Waals surface area contributed by atoms with Crippen LogP contribution in [0.4, 0.5) is 0 Å². The van der Waals surface area contributed by atoms with Crippen LogP contribution >= 0.6 is 0 Å². The fraction of sp³-hybridized carbons (Fsp3) is 0.812. The van der Waals surface area contributed by atoms with E-state index in [0.717, 1.165) is 13.0 Å². The standard InChI is InChI=1S/C16H27N3O/c1-3-20-15-9-14(16(15)7-5-4-6-8-16)19-12(2)13-10-17-18-11-13/h10-12,14-15,19H,3-9H2,1-2H3,(H,17,18). The monoisotopic (exact) mass is 277 g/mol. The Balaban J connectivity index is 1.67. The molecule has 20 heavy (non-hydrogen) atoms. The number of nitrogens with zero attached hydrogens (tertiary/aromatic N) is 1. The molecular formula is C16H27N3O. The average Bonchev–Trinajstić information content (AvgIpc) is 3.01. The number of hydrogen-bond acceptors (Lipinski definition) is 3. The second-order valence-electron chi connectivity index (χ2n) is 6.45. The molecule has 2 N–H and O–H groups in total. The first-order valence-corrected chi connectivity index (χ1v) is 8.12. The summed E-state index contributed by atoms with van der Waals surface area (Å²) >= 11 is 0. The van der Waals surface area contributed by atoms with Gasteiger partial charge >= 0.3 is 0 Å². The molecule has 4 heteroatoms. The van der Waals surface area contributed by atoms with E-state index >= 15 is 0 Å². The number of nitrogens with one attached hydrogen (secondary N) is 2. The van der Waals surface area contributed by atoms with Gasteiger partial charge in [-0.05, 0) is 33.1 Å². The third-order valence-electron chi connectivity index (χ3n) is 5.41. The lowest BCUT2D eigenvalue weighted by atomic mass is 9.55. The first kappa shape index (κ1) is 14.1. The van der Waals surface area contributed by atoms with Crippen molar-refractivity contribution in [1.29, 1.82) is 0 Å². The number of hydrogen-bond donors (Lipinski definition) is 2. The van der Waals surface area contributed by atoms with Crippen LogP contribution in [0, 0.1) is 5.41 Å². The fourth-order valence-corrected chi connectivity index (χ4v) is 4.19. The summed E-state index contributed by atoms with van der Waals surface area (Å²) in [4.78, 5) is 0. The molecule has 2 aliphatic rings. The van der Waals surface area contributed by atoms with Gasteiger partial charge in [0, 0.05) is 35.9 Å². The van der Waals surface area contributed by atoms with Crippen LogP contribution in [0.3, 0.4) is 0 Å². The molecule has 112 valence electrons. The number of aromatic nitrogens is 2. The van der Waals surface area contributed by atoms with E-state index in [4.69, 9.17) is 4.74 Å². The normalized spacial score (nSPS) is 30.1. The highest BCUT2D eigenvalue weighted by Crippen LogP contribution is 2.53. The van der Waals surface area contributed by atoms with Gasteiger partial charge < -0.3 is 10.1 Å². The molecule has 1 spiro atoms. The molecule has 0 amide bonds. The zero-order valence-corrected chi connectivity index (χ0v) is 12.7. The van der Waals surface area contributed by atoms with Gasteiger partial charge in [0.2, 0.25) is 0 Å². The molecule has 3 atom stereocenters. The Morgan fingerprint density at radius 2 is 2.25 bits per heavy atom. The quantitative estimate of drug-likeness (QED) is 0.869. The molecule has 1 aromatic heterocycles. The van der Waals surface area contributed by atoms with Crippen molar-refractivity contribution in [3.05, 3.63) is 18.0 Å². The molecule has 0 aliphatic heterocycles. The number of H-pyrrole nitrogens is 1. The topological polar surface area (TPSA) is 49.9 Å². The van der Waals surface area contributed by atoms with Crippen LogP contribution in [0.2, 0.25) is 0 Å². The zero-order valence-electron chi connectivity index (χ0n) is 12.7. The van der Waals surface area contributed by atoms with Gasteiger partial charge in [-0.3, -0.25) is 5.10 Å². The van der Waals surface area contributed by atoms with Crippen LogP contribution in [0.5, 0.6) is 0 Å². The van der Waals surface area contributed by atoms with Crippen molar-refractivity contribution in [1.82, 2.24) is 15.5 Å². The third kappa shape index (κ3) is 2.40. The number of ether oxygens (including phenoxy) is 1. The fourth-order valence-electron chi connectivity index (χ4n) is 4.19. The summed E-state index contributed by atoms with van der Waals surface area (Å²) in [6, 6.07) is 0.962. The zero-order chi connectivity index (χ0) is 14.0. The van der Waals surface area contributed by atoms with Crippen molar-refractivity contribution in [2.45, 2.75) is 70.6 Å². The number of rotatable bonds is 5. The van der Waals surface area contributed by atoms with E-state index < -0.39 is 0 Å². The molecular weight excluding hydrogens is 250 g/mol. The second-order valence-corrected chi connectivity index (χ2v) is 6.45. The molecule has 2 aliphatic carbocycles. The first-order chi connectivity index (χ1) is 9.76. The molecule has 4 nitrogen and oxygen atoms in total. The Morgan fingerprint density at radius 1 is 1.45 bits per heavy atom. The SMILES string of the molecule is CCOC1CC(NC(C)c2cn[nH]c2)C12CCCCC2. The van der Waals surface area contributed by atoms with Crippen molar-refractivity contribution >= 4 is 0 Å². The Morgan fingerprint density at radius 3 is 2.90 bits per heavy atom. The average molecular weight is 277 g/mol. The van der Waals surface area contributed by atoms with E-state index in [2.05, 4.69) is 29.4 Å². The van der Waals surface area contributed by atoms with Crippen LogP contribution in [-0.4, -0.2) is 29.0 Å². The van der Waals surface area contributed by atoms with Crippen molar-refractivity contribution in [3.8, 4) is 0 Å². The summed E-state index contributed by atoms with van der Waals surface area (Å²) in [6.45, 7) is 5.19. The van der Waals surface area contributed by atoms with Gasteiger partial charge in [0.15, 0.2) is 0 Å². The summed E-state index contributed by atoms with van der Waals surface area (Å²) in [5.74, 6) is 0. The molecule has 1 heterocycles. The van der Waals surface area contributed by atoms with Gasteiger partial charge in [0.25, 0.3) is 0 Å². The largest absolute Gasteiger partial charge is 0.378 e. The Labute approximate surface area is 121 Å². The van der Waals surface area contributed by atoms with E-state index in [1.165, 1.54) is 37.7 Å². The minimum Gasteiger partial charge on any atom is -0.378 e. The van der Waals surface area contributed by atoms with Crippen molar-refractivity contribution < 1.29 is 4.74 Å². The predicted molar refractivity (Wildman–Crippen MR) is 79.5 cm³/mol. The molecule has 0 radical (unpaired) electrons. The molecule has 2 fully saturated rings. The van der Waals surface area contributed by atoms with E-state index in [-0.39, 0.29) is 0 Å². The van der Waals surface area contributed by atoms with Gasteiger partial charge in [-0.15, -0.1) is 0 Å². The summed E-state index contributed by atoms with van der Waals surface area (Å²) in [5.41, 5.74) is 1.64. The summed E-state index contributed by atoms with van der Waals surface area (Å²) in [5, 5.41) is 10.8.